The van der Waals surface area contributed by atoms with E-state index in [2.05, 4.69) is 11.5 Å². The zero-order valence-corrected chi connectivity index (χ0v) is 13.5. The molecule has 0 spiro atoms. The molecule has 1 unspecified atom stereocenters. The average Bonchev–Trinajstić information content (AvgIpc) is 2.92. The summed E-state index contributed by atoms with van der Waals surface area (Å²) in [5, 5.41) is 0.894. The molecule has 5 heteroatoms. The average molecular weight is 335 g/mol. The first-order valence-corrected chi connectivity index (χ1v) is 7.23. The lowest BCUT2D eigenvalue weighted by atomic mass is 10.0. The second kappa shape index (κ2) is 8.04. The molecule has 1 heterocycles. The van der Waals surface area contributed by atoms with Crippen LogP contribution < -0.4 is 0 Å². The van der Waals surface area contributed by atoms with Crippen LogP contribution in [0.2, 0.25) is 10.0 Å². The SMILES string of the molecule is C=CCC(C(=O)c1ccc(Cl)c(Cl)c1)N1CCCC1.Cl. The maximum absolute atomic E-state index is 12.6. The Morgan fingerprint density at radius 1 is 1.30 bits per heavy atom. The van der Waals surface area contributed by atoms with E-state index in [4.69, 9.17) is 23.2 Å². The molecule has 110 valence electrons. The van der Waals surface area contributed by atoms with Crippen LogP contribution in [-0.2, 0) is 0 Å². The molecular formula is C15H18Cl3NO. The maximum atomic E-state index is 12.6. The zero-order chi connectivity index (χ0) is 13.8. The minimum Gasteiger partial charge on any atom is -0.293 e. The van der Waals surface area contributed by atoms with E-state index < -0.39 is 0 Å². The predicted molar refractivity (Wildman–Crippen MR) is 87.4 cm³/mol. The van der Waals surface area contributed by atoms with Gasteiger partial charge in [-0.3, -0.25) is 9.69 Å². The van der Waals surface area contributed by atoms with Gasteiger partial charge in [0.1, 0.15) is 0 Å². The summed E-state index contributed by atoms with van der Waals surface area (Å²) in [6, 6.07) is 4.94. The van der Waals surface area contributed by atoms with E-state index in [-0.39, 0.29) is 24.2 Å². The number of hydrogen-bond acceptors (Lipinski definition) is 2. The van der Waals surface area contributed by atoms with Crippen LogP contribution in [0.25, 0.3) is 0 Å². The zero-order valence-electron chi connectivity index (χ0n) is 11.1. The smallest absolute Gasteiger partial charge is 0.180 e. The van der Waals surface area contributed by atoms with Crippen LogP contribution in [0.15, 0.2) is 30.9 Å². The molecule has 1 fully saturated rings. The van der Waals surface area contributed by atoms with Gasteiger partial charge in [0.15, 0.2) is 5.78 Å². The van der Waals surface area contributed by atoms with Gasteiger partial charge in [-0.15, -0.1) is 19.0 Å². The van der Waals surface area contributed by atoms with Gasteiger partial charge in [-0.05, 0) is 50.6 Å². The Labute approximate surface area is 136 Å². The minimum absolute atomic E-state index is 0. The van der Waals surface area contributed by atoms with Crippen LogP contribution in [-0.4, -0.2) is 29.8 Å². The van der Waals surface area contributed by atoms with E-state index >= 15 is 0 Å². The van der Waals surface area contributed by atoms with Gasteiger partial charge < -0.3 is 0 Å². The fourth-order valence-electron chi connectivity index (χ4n) is 2.47. The highest BCUT2D eigenvalue weighted by atomic mass is 35.5. The third-order valence-corrected chi connectivity index (χ3v) is 4.22. The third kappa shape index (κ3) is 3.98. The minimum atomic E-state index is -0.128. The molecule has 1 saturated heterocycles. The van der Waals surface area contributed by atoms with E-state index in [1.807, 2.05) is 0 Å². The van der Waals surface area contributed by atoms with Gasteiger partial charge in [-0.2, -0.15) is 0 Å². The van der Waals surface area contributed by atoms with Crippen molar-refractivity contribution in [1.29, 1.82) is 0 Å². The second-order valence-electron chi connectivity index (χ2n) is 4.78. The number of ketones is 1. The van der Waals surface area contributed by atoms with Crippen LogP contribution in [0.4, 0.5) is 0 Å². The molecular weight excluding hydrogens is 317 g/mol. The molecule has 1 aromatic rings. The largest absolute Gasteiger partial charge is 0.293 e. The van der Waals surface area contributed by atoms with E-state index in [1.165, 1.54) is 0 Å². The molecule has 1 aliphatic heterocycles. The molecule has 2 nitrogen and oxygen atoms in total. The molecule has 0 aromatic heterocycles. The van der Waals surface area contributed by atoms with Gasteiger partial charge in [0.05, 0.1) is 16.1 Å². The summed E-state index contributed by atoms with van der Waals surface area (Å²) in [5.74, 6) is 0.0976. The highest BCUT2D eigenvalue weighted by Crippen LogP contribution is 2.25. The molecule has 0 saturated carbocycles. The summed E-state index contributed by atoms with van der Waals surface area (Å²) >= 11 is 11.9. The highest BCUT2D eigenvalue weighted by Gasteiger charge is 2.27. The topological polar surface area (TPSA) is 20.3 Å². The molecule has 0 N–H and O–H groups in total. The van der Waals surface area contributed by atoms with Crippen LogP contribution in [0, 0.1) is 0 Å². The quantitative estimate of drug-likeness (QED) is 0.577. The first-order chi connectivity index (χ1) is 9.13. The summed E-state index contributed by atoms with van der Waals surface area (Å²) < 4.78 is 0. The number of carbonyl (C=O) groups excluding carboxylic acids is 1. The molecule has 0 radical (unpaired) electrons. The number of Topliss-reactive ketones (excluding diaryl/α,β-unsaturated/α-hetero) is 1. The van der Waals surface area contributed by atoms with Crippen LogP contribution in [0.3, 0.4) is 0 Å². The first kappa shape index (κ1) is 17.5. The third-order valence-electron chi connectivity index (χ3n) is 3.48. The normalized spacial score (nSPS) is 16.5. The van der Waals surface area contributed by atoms with Crippen LogP contribution in [0.5, 0.6) is 0 Å². The Morgan fingerprint density at radius 3 is 2.50 bits per heavy atom. The van der Waals surface area contributed by atoms with Crippen molar-refractivity contribution in [3.8, 4) is 0 Å². The van der Waals surface area contributed by atoms with Crippen molar-refractivity contribution < 1.29 is 4.79 Å². The van der Waals surface area contributed by atoms with Crippen molar-refractivity contribution in [2.75, 3.05) is 13.1 Å². The van der Waals surface area contributed by atoms with Crippen molar-refractivity contribution in [2.24, 2.45) is 0 Å². The van der Waals surface area contributed by atoms with Gasteiger partial charge >= 0.3 is 0 Å². The van der Waals surface area contributed by atoms with E-state index in [1.54, 1.807) is 24.3 Å². The summed E-state index contributed by atoms with van der Waals surface area (Å²) in [4.78, 5) is 14.8. The molecule has 0 bridgehead atoms. The predicted octanol–water partition coefficient (Wildman–Crippen LogP) is 4.64. The van der Waals surface area contributed by atoms with Crippen molar-refractivity contribution in [3.63, 3.8) is 0 Å². The molecule has 20 heavy (non-hydrogen) atoms. The van der Waals surface area contributed by atoms with Crippen LogP contribution in [0.1, 0.15) is 29.6 Å². The van der Waals surface area contributed by atoms with Gasteiger partial charge in [0, 0.05) is 5.56 Å². The standard InChI is InChI=1S/C15H17Cl2NO.ClH/c1-2-5-14(18-8-3-4-9-18)15(19)11-6-7-12(16)13(17)10-11;/h2,6-7,10,14H,1,3-5,8-9H2;1H. The second-order valence-corrected chi connectivity index (χ2v) is 5.59. The molecule has 0 amide bonds. The van der Waals surface area contributed by atoms with E-state index in [9.17, 15) is 4.79 Å². The van der Waals surface area contributed by atoms with Crippen LogP contribution >= 0.6 is 35.6 Å². The monoisotopic (exact) mass is 333 g/mol. The lowest BCUT2D eigenvalue weighted by molar-refractivity contribution is 0.0851. The van der Waals surface area contributed by atoms with Crippen molar-refractivity contribution in [3.05, 3.63) is 46.5 Å². The Morgan fingerprint density at radius 2 is 1.95 bits per heavy atom. The Balaban J connectivity index is 0.00000200. The Bertz CT molecular complexity index is 484. The summed E-state index contributed by atoms with van der Waals surface area (Å²) in [5.41, 5.74) is 0.619. The Hall–Kier alpha value is -0.540. The molecule has 1 aromatic carbocycles. The van der Waals surface area contributed by atoms with Gasteiger partial charge in [-0.25, -0.2) is 0 Å². The fraction of sp³-hybridized carbons (Fsp3) is 0.400. The summed E-state index contributed by atoms with van der Waals surface area (Å²) in [7, 11) is 0. The van der Waals surface area contributed by atoms with Gasteiger partial charge in [-0.1, -0.05) is 29.3 Å². The summed E-state index contributed by atoms with van der Waals surface area (Å²) in [6.07, 6.45) is 4.78. The Kier molecular flexibility index (Phi) is 7.04. The number of nitrogens with zero attached hydrogens (tertiary/aromatic N) is 1. The molecule has 1 aliphatic rings. The van der Waals surface area contributed by atoms with Crippen molar-refractivity contribution >= 4 is 41.4 Å². The number of rotatable bonds is 5. The highest BCUT2D eigenvalue weighted by molar-refractivity contribution is 6.42. The van der Waals surface area contributed by atoms with Gasteiger partial charge in [0.25, 0.3) is 0 Å². The van der Waals surface area contributed by atoms with Crippen molar-refractivity contribution in [2.45, 2.75) is 25.3 Å². The summed E-state index contributed by atoms with van der Waals surface area (Å²) in [6.45, 7) is 5.71. The molecule has 2 rings (SSSR count). The van der Waals surface area contributed by atoms with E-state index in [0.717, 1.165) is 25.9 Å². The fourth-order valence-corrected chi connectivity index (χ4v) is 2.77. The van der Waals surface area contributed by atoms with E-state index in [0.29, 0.717) is 22.0 Å². The lowest BCUT2D eigenvalue weighted by Crippen LogP contribution is -2.39. The van der Waals surface area contributed by atoms with Crippen molar-refractivity contribution in [1.82, 2.24) is 4.90 Å². The maximum Gasteiger partial charge on any atom is 0.180 e. The number of benzene rings is 1. The van der Waals surface area contributed by atoms with Gasteiger partial charge in [0.2, 0.25) is 0 Å². The number of halogens is 3. The number of hydrogen-bond donors (Lipinski definition) is 0. The molecule has 0 aliphatic carbocycles. The number of carbonyl (C=O) groups is 1. The first-order valence-electron chi connectivity index (χ1n) is 6.47. The number of likely N-dealkylation sites (tertiary alicyclic amines) is 1. The lowest BCUT2D eigenvalue weighted by Gasteiger charge is -2.25. The molecule has 1 atom stereocenters.